The molecule has 2 aromatic rings. The number of methoxy groups -OCH3 is 3. The molecule has 33 heavy (non-hydrogen) atoms. The van der Waals surface area contributed by atoms with Crippen LogP contribution in [0.25, 0.3) is 0 Å². The largest absolute Gasteiger partial charge is 0.493 e. The van der Waals surface area contributed by atoms with Crippen LogP contribution in [-0.4, -0.2) is 51.5 Å². The van der Waals surface area contributed by atoms with Crippen LogP contribution in [0.2, 0.25) is 0 Å². The summed E-state index contributed by atoms with van der Waals surface area (Å²) in [5.74, 6) is 3.00. The number of aliphatic hydroxyl groups excluding tert-OH is 1. The van der Waals surface area contributed by atoms with E-state index in [1.807, 2.05) is 12.1 Å². The molecule has 0 radical (unpaired) electrons. The smallest absolute Gasteiger partial charge is 0.203 e. The highest BCUT2D eigenvalue weighted by Gasteiger charge is 2.63. The molecule has 1 heterocycles. The number of fused-ring (bicyclic) bond motifs is 3. The maximum Gasteiger partial charge on any atom is 0.203 e. The minimum atomic E-state index is -0.755. The molecule has 4 rings (SSSR count). The van der Waals surface area contributed by atoms with Gasteiger partial charge in [0.05, 0.1) is 25.7 Å². The van der Waals surface area contributed by atoms with Gasteiger partial charge < -0.3 is 24.1 Å². The van der Waals surface area contributed by atoms with Crippen molar-refractivity contribution in [1.82, 2.24) is 0 Å². The van der Waals surface area contributed by atoms with Gasteiger partial charge in [0.2, 0.25) is 5.75 Å². The number of carbonyl (C=O) groups is 1. The number of ether oxygens (including phenoxy) is 4. The first kappa shape index (κ1) is 24.0. The number of aryl methyl sites for hydroxylation is 2. The number of ketones is 1. The number of aliphatic hydroxyl groups is 1. The van der Waals surface area contributed by atoms with Gasteiger partial charge in [-0.25, -0.2) is 0 Å². The Kier molecular flexibility index (Phi) is 6.76. The predicted molar refractivity (Wildman–Crippen MR) is 128 cm³/mol. The van der Waals surface area contributed by atoms with Crippen molar-refractivity contribution in [3.05, 3.63) is 38.6 Å². The van der Waals surface area contributed by atoms with Gasteiger partial charge in [-0.05, 0) is 65.8 Å². The highest BCUT2D eigenvalue weighted by atomic mass is 32.1. The molecule has 0 spiro atoms. The monoisotopic (exact) mass is 474 g/mol. The van der Waals surface area contributed by atoms with Crippen molar-refractivity contribution >= 4 is 17.1 Å². The van der Waals surface area contributed by atoms with Crippen LogP contribution in [0.15, 0.2) is 12.1 Å². The minimum Gasteiger partial charge on any atom is -0.493 e. The molecular formula is C26H34O6S. The Morgan fingerprint density at radius 3 is 2.45 bits per heavy atom. The summed E-state index contributed by atoms with van der Waals surface area (Å²) in [5.41, 5.74) is 4.09. The number of carbonyl (C=O) groups excluding carboxylic acids is 1. The summed E-state index contributed by atoms with van der Waals surface area (Å²) >= 11 is 1.67. The standard InChI is InChI=1S/C26H34O6S/c1-14-22-17(11-18-23(22)26(18,2)3)25(33-14)19(28)8-7-15-9-20(30-5)24(21(10-15)31-6)32-13-16(27)12-29-4/h9-10,16,18,23,27H,7-8,11-13H2,1-6H3/t16?,18-,23-/m1/s1. The fraction of sp³-hybridized carbons (Fsp3) is 0.577. The van der Waals surface area contributed by atoms with Crippen molar-refractivity contribution in [3.8, 4) is 17.2 Å². The van der Waals surface area contributed by atoms with Crippen LogP contribution < -0.4 is 14.2 Å². The lowest BCUT2D eigenvalue weighted by Gasteiger charge is -2.18. The molecule has 1 fully saturated rings. The van der Waals surface area contributed by atoms with Crippen molar-refractivity contribution in [2.75, 3.05) is 34.5 Å². The third-order valence-corrected chi connectivity index (χ3v) is 8.42. The second-order valence-corrected chi connectivity index (χ2v) is 10.9. The van der Waals surface area contributed by atoms with E-state index in [2.05, 4.69) is 20.8 Å². The van der Waals surface area contributed by atoms with Crippen LogP contribution in [0.1, 0.15) is 57.4 Å². The van der Waals surface area contributed by atoms with E-state index >= 15 is 0 Å². The molecule has 3 atom stereocenters. The zero-order valence-electron chi connectivity index (χ0n) is 20.3. The summed E-state index contributed by atoms with van der Waals surface area (Å²) in [6.45, 7) is 7.08. The molecule has 1 saturated carbocycles. The maximum atomic E-state index is 13.2. The van der Waals surface area contributed by atoms with E-state index in [-0.39, 0.29) is 19.0 Å². The molecule has 2 aliphatic carbocycles. The van der Waals surface area contributed by atoms with Crippen molar-refractivity contribution in [2.45, 2.75) is 52.1 Å². The minimum absolute atomic E-state index is 0.0556. The molecule has 0 bridgehead atoms. The molecule has 1 unspecified atom stereocenters. The van der Waals surface area contributed by atoms with E-state index < -0.39 is 6.10 Å². The van der Waals surface area contributed by atoms with Gasteiger partial charge in [-0.2, -0.15) is 0 Å². The van der Waals surface area contributed by atoms with E-state index in [1.165, 1.54) is 23.1 Å². The summed E-state index contributed by atoms with van der Waals surface area (Å²) in [4.78, 5) is 15.4. The normalized spacial score (nSPS) is 20.7. The van der Waals surface area contributed by atoms with Gasteiger partial charge in [0.25, 0.3) is 0 Å². The third-order valence-electron chi connectivity index (χ3n) is 7.21. The lowest BCUT2D eigenvalue weighted by Crippen LogP contribution is -2.23. The van der Waals surface area contributed by atoms with E-state index in [0.717, 1.165) is 16.9 Å². The first-order valence-electron chi connectivity index (χ1n) is 11.4. The summed E-state index contributed by atoms with van der Waals surface area (Å²) in [6, 6.07) is 3.74. The van der Waals surface area contributed by atoms with Gasteiger partial charge in [-0.1, -0.05) is 13.8 Å². The average molecular weight is 475 g/mol. The summed E-state index contributed by atoms with van der Waals surface area (Å²) in [6.07, 6.45) is 1.31. The fourth-order valence-corrected chi connectivity index (χ4v) is 6.57. The Hall–Kier alpha value is -2.09. The van der Waals surface area contributed by atoms with Crippen molar-refractivity contribution < 1.29 is 28.8 Å². The molecular weight excluding hydrogens is 440 g/mol. The zero-order valence-corrected chi connectivity index (χ0v) is 21.1. The Bertz CT molecular complexity index is 1010. The molecule has 180 valence electrons. The maximum absolute atomic E-state index is 13.2. The Labute approximate surface area is 199 Å². The number of thiophene rings is 1. The van der Waals surface area contributed by atoms with Gasteiger partial charge in [0.1, 0.15) is 12.7 Å². The molecule has 1 aromatic carbocycles. The van der Waals surface area contributed by atoms with Crippen LogP contribution in [0.3, 0.4) is 0 Å². The second kappa shape index (κ2) is 9.28. The predicted octanol–water partition coefficient (Wildman–Crippen LogP) is 4.57. The second-order valence-electron chi connectivity index (χ2n) is 9.66. The number of hydrogen-bond donors (Lipinski definition) is 1. The van der Waals surface area contributed by atoms with Crippen molar-refractivity contribution in [2.24, 2.45) is 11.3 Å². The number of Topliss-reactive ketones (excluding diaryl/α,β-unsaturated/α-hetero) is 1. The molecule has 7 heteroatoms. The van der Waals surface area contributed by atoms with Crippen LogP contribution in [0.5, 0.6) is 17.2 Å². The summed E-state index contributed by atoms with van der Waals surface area (Å²) < 4.78 is 21.7. The Balaban J connectivity index is 1.46. The van der Waals surface area contributed by atoms with Crippen LogP contribution >= 0.6 is 11.3 Å². The van der Waals surface area contributed by atoms with Crippen LogP contribution in [0, 0.1) is 18.3 Å². The molecule has 1 N–H and O–H groups in total. The molecule has 0 aliphatic heterocycles. The number of hydrogen-bond acceptors (Lipinski definition) is 7. The summed E-state index contributed by atoms with van der Waals surface area (Å²) in [7, 11) is 4.65. The SMILES string of the molecule is COCC(O)COc1c(OC)cc(CCC(=O)c2sc(C)c3c2C[C@@H]2[C@H]3C2(C)C)cc1OC. The molecule has 6 nitrogen and oxygen atoms in total. The highest BCUT2D eigenvalue weighted by Crippen LogP contribution is 2.71. The van der Waals surface area contributed by atoms with Crippen molar-refractivity contribution in [1.29, 1.82) is 0 Å². The Morgan fingerprint density at radius 1 is 1.18 bits per heavy atom. The Morgan fingerprint density at radius 2 is 1.85 bits per heavy atom. The van der Waals surface area contributed by atoms with E-state index in [1.54, 1.807) is 25.6 Å². The quantitative estimate of drug-likeness (QED) is 0.481. The van der Waals surface area contributed by atoms with E-state index in [4.69, 9.17) is 18.9 Å². The lowest BCUT2D eigenvalue weighted by molar-refractivity contribution is 0.0312. The van der Waals surface area contributed by atoms with Gasteiger partial charge in [-0.3, -0.25) is 4.79 Å². The van der Waals surface area contributed by atoms with Crippen LogP contribution in [-0.2, 0) is 17.6 Å². The zero-order chi connectivity index (χ0) is 23.9. The van der Waals surface area contributed by atoms with E-state index in [9.17, 15) is 9.90 Å². The van der Waals surface area contributed by atoms with Crippen molar-refractivity contribution in [3.63, 3.8) is 0 Å². The third kappa shape index (κ3) is 4.38. The van der Waals surface area contributed by atoms with Gasteiger partial charge in [0, 0.05) is 18.4 Å². The highest BCUT2D eigenvalue weighted by molar-refractivity contribution is 7.14. The molecule has 2 aliphatic rings. The molecule has 0 amide bonds. The molecule has 0 saturated heterocycles. The topological polar surface area (TPSA) is 74.2 Å². The lowest BCUT2D eigenvalue weighted by atomic mass is 9.94. The first-order valence-corrected chi connectivity index (χ1v) is 12.2. The molecule has 1 aromatic heterocycles. The number of benzene rings is 1. The van der Waals surface area contributed by atoms with Crippen LogP contribution in [0.4, 0.5) is 0 Å². The first-order chi connectivity index (χ1) is 15.7. The summed E-state index contributed by atoms with van der Waals surface area (Å²) in [5, 5.41) is 9.89. The van der Waals surface area contributed by atoms with Gasteiger partial charge >= 0.3 is 0 Å². The number of rotatable bonds is 11. The van der Waals surface area contributed by atoms with E-state index in [0.29, 0.717) is 47.3 Å². The van der Waals surface area contributed by atoms with Gasteiger partial charge in [0.15, 0.2) is 17.3 Å². The van der Waals surface area contributed by atoms with Gasteiger partial charge in [-0.15, -0.1) is 11.3 Å². The fourth-order valence-electron chi connectivity index (χ4n) is 5.37. The average Bonchev–Trinajstić information content (AvgIpc) is 3.11.